The van der Waals surface area contributed by atoms with Gasteiger partial charge in [0.15, 0.2) is 0 Å². The van der Waals surface area contributed by atoms with E-state index in [9.17, 15) is 27.5 Å². The number of anilines is 1. The lowest BCUT2D eigenvalue weighted by Crippen LogP contribution is -2.29. The number of nitrogens with two attached hydrogens (primary N) is 2. The Balaban J connectivity index is 1.90. The first kappa shape index (κ1) is 24.9. The van der Waals surface area contributed by atoms with E-state index in [0.717, 1.165) is 17.0 Å². The number of carbonyl (C=O) groups is 2. The van der Waals surface area contributed by atoms with E-state index in [4.69, 9.17) is 23.1 Å². The Morgan fingerprint density at radius 2 is 1.58 bits per heavy atom. The van der Waals surface area contributed by atoms with E-state index in [-0.39, 0.29) is 26.7 Å². The zero-order chi connectivity index (χ0) is 26.2. The van der Waals surface area contributed by atoms with Gasteiger partial charge in [-0.25, -0.2) is 4.39 Å². The van der Waals surface area contributed by atoms with Crippen LogP contribution in [0.15, 0.2) is 87.7 Å². The normalized spacial score (nSPS) is 17.3. The molecule has 1 atom stereocenters. The summed E-state index contributed by atoms with van der Waals surface area (Å²) in [5.41, 5.74) is 10.7. The smallest absolute Gasteiger partial charge is 0.300 e. The van der Waals surface area contributed by atoms with Crippen LogP contribution in [0, 0.1) is 5.82 Å². The Kier molecular flexibility index (Phi) is 6.53. The maximum absolute atomic E-state index is 13.4. The third-order valence-electron chi connectivity index (χ3n) is 5.40. The minimum absolute atomic E-state index is 0.116. The van der Waals surface area contributed by atoms with Gasteiger partial charge in [0, 0.05) is 16.3 Å². The SMILES string of the molecule is NC(N)=NS(=O)(=O)c1ccc(N2C(=O)C(=O)C(=C(O)c3ccc(F)cc3)C2c2ccccc2Cl)cc1. The van der Waals surface area contributed by atoms with E-state index in [1.165, 1.54) is 36.4 Å². The number of hydrogen-bond donors (Lipinski definition) is 3. The van der Waals surface area contributed by atoms with Crippen LogP contribution in [0.25, 0.3) is 5.76 Å². The van der Waals surface area contributed by atoms with Crippen molar-refractivity contribution in [2.45, 2.75) is 10.9 Å². The lowest BCUT2D eigenvalue weighted by atomic mass is 9.95. The van der Waals surface area contributed by atoms with Crippen LogP contribution in [0.4, 0.5) is 10.1 Å². The molecule has 1 heterocycles. The van der Waals surface area contributed by atoms with Gasteiger partial charge in [0.2, 0.25) is 5.96 Å². The highest BCUT2D eigenvalue weighted by Crippen LogP contribution is 2.44. The number of hydrogen-bond acceptors (Lipinski definition) is 5. The second-order valence-electron chi connectivity index (χ2n) is 7.68. The minimum atomic E-state index is -4.19. The van der Waals surface area contributed by atoms with Crippen LogP contribution in [-0.2, 0) is 19.6 Å². The molecule has 1 saturated heterocycles. The number of benzene rings is 3. The number of aliphatic hydroxyl groups is 1. The molecular weight excluding hydrogens is 511 g/mol. The second-order valence-corrected chi connectivity index (χ2v) is 9.69. The molecule has 184 valence electrons. The van der Waals surface area contributed by atoms with E-state index < -0.39 is 45.3 Å². The average Bonchev–Trinajstić information content (AvgIpc) is 3.09. The number of sulfonamides is 1. The lowest BCUT2D eigenvalue weighted by Gasteiger charge is -2.26. The molecule has 36 heavy (non-hydrogen) atoms. The summed E-state index contributed by atoms with van der Waals surface area (Å²) in [4.78, 5) is 27.2. The first-order chi connectivity index (χ1) is 17.0. The standard InChI is InChI=1S/C24H18ClFN4O5S/c25-18-4-2-1-3-17(18)20-19(21(31)13-5-7-14(26)8-6-13)22(32)23(33)30(20)15-9-11-16(12-10-15)36(34,35)29-24(27)28/h1-12,20,31H,(H4,27,28,29). The molecule has 0 radical (unpaired) electrons. The molecule has 5 N–H and O–H groups in total. The first-order valence-corrected chi connectivity index (χ1v) is 12.1. The molecule has 0 saturated carbocycles. The third-order valence-corrected chi connectivity index (χ3v) is 7.06. The molecular formula is C24H18ClFN4O5S. The van der Waals surface area contributed by atoms with Crippen molar-refractivity contribution in [1.29, 1.82) is 0 Å². The number of rotatable bonds is 5. The summed E-state index contributed by atoms with van der Waals surface area (Å²) in [5, 5.41) is 11.2. The number of nitrogens with zero attached hydrogens (tertiary/aromatic N) is 2. The van der Waals surface area contributed by atoms with Crippen molar-refractivity contribution in [2.75, 3.05) is 4.90 Å². The van der Waals surface area contributed by atoms with Gasteiger partial charge in [-0.2, -0.15) is 8.42 Å². The molecule has 1 unspecified atom stereocenters. The molecule has 0 spiro atoms. The largest absolute Gasteiger partial charge is 0.507 e. The molecule has 0 aliphatic carbocycles. The fourth-order valence-corrected chi connectivity index (χ4v) is 4.93. The maximum atomic E-state index is 13.4. The average molecular weight is 529 g/mol. The first-order valence-electron chi connectivity index (χ1n) is 10.3. The van der Waals surface area contributed by atoms with Crippen LogP contribution in [0.2, 0.25) is 5.02 Å². The fourth-order valence-electron chi connectivity index (χ4n) is 3.82. The number of amides is 1. The van der Waals surface area contributed by atoms with Crippen molar-refractivity contribution in [1.82, 2.24) is 0 Å². The van der Waals surface area contributed by atoms with E-state index >= 15 is 0 Å². The number of aliphatic hydroxyl groups excluding tert-OH is 1. The molecule has 1 fully saturated rings. The summed E-state index contributed by atoms with van der Waals surface area (Å²) in [5.74, 6) is -3.70. The van der Waals surface area contributed by atoms with Crippen molar-refractivity contribution >= 4 is 50.7 Å². The predicted octanol–water partition coefficient (Wildman–Crippen LogP) is 3.07. The number of halogens is 2. The number of Topliss-reactive ketones (excluding diaryl/α,β-unsaturated/α-hetero) is 1. The van der Waals surface area contributed by atoms with Crippen molar-refractivity contribution in [3.63, 3.8) is 0 Å². The summed E-state index contributed by atoms with van der Waals surface area (Å²) in [6, 6.07) is 14.9. The van der Waals surface area contributed by atoms with Crippen LogP contribution in [0.5, 0.6) is 0 Å². The van der Waals surface area contributed by atoms with Gasteiger partial charge in [-0.15, -0.1) is 4.40 Å². The summed E-state index contributed by atoms with van der Waals surface area (Å²) >= 11 is 6.40. The van der Waals surface area contributed by atoms with Gasteiger partial charge in [-0.05, 0) is 60.2 Å². The van der Waals surface area contributed by atoms with Crippen LogP contribution in [-0.4, -0.2) is 31.2 Å². The summed E-state index contributed by atoms with van der Waals surface area (Å²) in [6.07, 6.45) is 0. The second kappa shape index (κ2) is 9.44. The number of guanidine groups is 1. The summed E-state index contributed by atoms with van der Waals surface area (Å²) in [6.45, 7) is 0. The van der Waals surface area contributed by atoms with Crippen molar-refractivity contribution in [2.24, 2.45) is 15.9 Å². The van der Waals surface area contributed by atoms with Gasteiger partial charge >= 0.3 is 0 Å². The van der Waals surface area contributed by atoms with E-state index in [1.807, 2.05) is 0 Å². The van der Waals surface area contributed by atoms with Gasteiger partial charge in [0.1, 0.15) is 11.6 Å². The molecule has 9 nitrogen and oxygen atoms in total. The Morgan fingerprint density at radius 3 is 2.17 bits per heavy atom. The Labute approximate surface area is 210 Å². The molecule has 1 aliphatic heterocycles. The van der Waals surface area contributed by atoms with Crippen molar-refractivity contribution < 1.29 is 27.5 Å². The summed E-state index contributed by atoms with van der Waals surface area (Å²) in [7, 11) is -4.19. The van der Waals surface area contributed by atoms with Crippen LogP contribution < -0.4 is 16.4 Å². The zero-order valence-electron chi connectivity index (χ0n) is 18.3. The molecule has 1 aliphatic rings. The molecule has 1 amide bonds. The highest BCUT2D eigenvalue weighted by atomic mass is 35.5. The Morgan fingerprint density at radius 1 is 0.972 bits per heavy atom. The van der Waals surface area contributed by atoms with Gasteiger partial charge in [-0.1, -0.05) is 29.8 Å². The van der Waals surface area contributed by atoms with Gasteiger partial charge in [0.25, 0.3) is 21.7 Å². The highest BCUT2D eigenvalue weighted by Gasteiger charge is 2.47. The van der Waals surface area contributed by atoms with Gasteiger partial charge in [-0.3, -0.25) is 14.5 Å². The molecule has 3 aromatic carbocycles. The minimum Gasteiger partial charge on any atom is -0.507 e. The van der Waals surface area contributed by atoms with Crippen LogP contribution in [0.3, 0.4) is 0 Å². The van der Waals surface area contributed by atoms with E-state index in [1.54, 1.807) is 24.3 Å². The van der Waals surface area contributed by atoms with Crippen molar-refractivity contribution in [3.05, 3.63) is 100 Å². The topological polar surface area (TPSA) is 156 Å². The highest BCUT2D eigenvalue weighted by molar-refractivity contribution is 7.90. The summed E-state index contributed by atoms with van der Waals surface area (Å²) < 4.78 is 41.2. The molecule has 0 bridgehead atoms. The van der Waals surface area contributed by atoms with Crippen molar-refractivity contribution in [3.8, 4) is 0 Å². The van der Waals surface area contributed by atoms with E-state index in [2.05, 4.69) is 4.40 Å². The third kappa shape index (κ3) is 4.53. The van der Waals surface area contributed by atoms with Crippen LogP contribution >= 0.6 is 11.6 Å². The Bertz CT molecular complexity index is 1530. The van der Waals surface area contributed by atoms with E-state index in [0.29, 0.717) is 5.56 Å². The molecule has 0 aromatic heterocycles. The molecule has 4 rings (SSSR count). The van der Waals surface area contributed by atoms with Gasteiger partial charge < -0.3 is 16.6 Å². The lowest BCUT2D eigenvalue weighted by molar-refractivity contribution is -0.132. The Hall–Kier alpha value is -4.22. The predicted molar refractivity (Wildman–Crippen MR) is 132 cm³/mol. The molecule has 3 aromatic rings. The quantitative estimate of drug-likeness (QED) is 0.151. The number of carbonyl (C=O) groups excluding carboxylic acids is 2. The maximum Gasteiger partial charge on any atom is 0.300 e. The zero-order valence-corrected chi connectivity index (χ0v) is 19.9. The monoisotopic (exact) mass is 528 g/mol. The fraction of sp³-hybridized carbons (Fsp3) is 0.0417. The number of ketones is 1. The molecule has 12 heteroatoms. The van der Waals surface area contributed by atoms with Gasteiger partial charge in [0.05, 0.1) is 16.5 Å². The van der Waals surface area contributed by atoms with Crippen LogP contribution in [0.1, 0.15) is 17.2 Å².